The van der Waals surface area contributed by atoms with Crippen LogP contribution in [-0.4, -0.2) is 24.1 Å². The number of carbonyl (C=O) groups is 2. The minimum atomic E-state index is -0.528. The monoisotopic (exact) mass is 230 g/mol. The van der Waals surface area contributed by atoms with E-state index >= 15 is 0 Å². The van der Waals surface area contributed by atoms with Gasteiger partial charge in [-0.05, 0) is 11.4 Å². The van der Waals surface area contributed by atoms with Crippen molar-refractivity contribution in [3.8, 4) is 0 Å². The van der Waals surface area contributed by atoms with Crippen LogP contribution < -0.4 is 11.1 Å². The third-order valence-corrected chi connectivity index (χ3v) is 3.43. The van der Waals surface area contributed by atoms with E-state index < -0.39 is 5.91 Å². The number of carbonyl (C=O) groups excluding carboxylic acids is 2. The summed E-state index contributed by atoms with van der Waals surface area (Å²) in [6.07, 6.45) is 0. The Morgan fingerprint density at radius 3 is 2.93 bits per heavy atom. The molecule has 0 atom stereocenters. The molecule has 6 heteroatoms. The van der Waals surface area contributed by atoms with Gasteiger partial charge in [0, 0.05) is 0 Å². The summed E-state index contributed by atoms with van der Waals surface area (Å²) in [5.41, 5.74) is 4.87. The maximum atomic E-state index is 11.1. The Hall–Kier alpha value is -1.01. The van der Waals surface area contributed by atoms with Crippen LogP contribution in [0, 0.1) is 0 Å². The first-order valence-corrected chi connectivity index (χ1v) is 5.76. The molecule has 1 rings (SSSR count). The second-order valence-electron chi connectivity index (χ2n) is 2.46. The molecule has 0 aliphatic rings. The summed E-state index contributed by atoms with van der Waals surface area (Å²) in [6, 6.07) is 3.87. The van der Waals surface area contributed by atoms with Crippen LogP contribution in [0.1, 0.15) is 0 Å². The van der Waals surface area contributed by atoms with E-state index in [0.29, 0.717) is 5.75 Å². The molecule has 3 N–H and O–H groups in total. The Kier molecular flexibility index (Phi) is 4.48. The lowest BCUT2D eigenvalue weighted by atomic mass is 10.6. The molecule has 1 heterocycles. The molecule has 0 spiro atoms. The molecule has 1 aromatic rings. The molecule has 0 bridgehead atoms. The second kappa shape index (κ2) is 5.66. The summed E-state index contributed by atoms with van der Waals surface area (Å²) in [7, 11) is 0. The average Bonchev–Trinajstić information content (AvgIpc) is 2.63. The molecular weight excluding hydrogens is 220 g/mol. The van der Waals surface area contributed by atoms with E-state index in [1.54, 1.807) is 11.3 Å². The van der Waals surface area contributed by atoms with Crippen LogP contribution in [0.2, 0.25) is 0 Å². The van der Waals surface area contributed by atoms with Crippen molar-refractivity contribution in [2.24, 2.45) is 5.73 Å². The fourth-order valence-electron chi connectivity index (χ4n) is 0.719. The average molecular weight is 230 g/mol. The van der Waals surface area contributed by atoms with Crippen LogP contribution in [0.4, 0.5) is 0 Å². The lowest BCUT2D eigenvalue weighted by Gasteiger charge is -2.00. The van der Waals surface area contributed by atoms with E-state index in [9.17, 15) is 9.59 Å². The standard InChI is InChI=1S/C8H10N2O2S2/c9-6(11)4-10-7(12)5-14-8-2-1-3-13-8/h1-3H,4-5H2,(H2,9,11)(H,10,12). The van der Waals surface area contributed by atoms with Gasteiger partial charge in [-0.3, -0.25) is 9.59 Å². The van der Waals surface area contributed by atoms with E-state index in [1.807, 2.05) is 17.5 Å². The van der Waals surface area contributed by atoms with Gasteiger partial charge in [0.1, 0.15) is 0 Å². The summed E-state index contributed by atoms with van der Waals surface area (Å²) >= 11 is 3.02. The maximum Gasteiger partial charge on any atom is 0.236 e. The van der Waals surface area contributed by atoms with Crippen LogP contribution in [0.5, 0.6) is 0 Å². The Morgan fingerprint density at radius 2 is 2.36 bits per heavy atom. The molecule has 2 amide bonds. The normalized spacial score (nSPS) is 9.71. The molecule has 4 nitrogen and oxygen atoms in total. The van der Waals surface area contributed by atoms with Gasteiger partial charge in [0.15, 0.2) is 0 Å². The van der Waals surface area contributed by atoms with E-state index in [-0.39, 0.29) is 12.5 Å². The number of thioether (sulfide) groups is 1. The van der Waals surface area contributed by atoms with Crippen molar-refractivity contribution in [3.63, 3.8) is 0 Å². The highest BCUT2D eigenvalue weighted by Gasteiger charge is 2.03. The minimum Gasteiger partial charge on any atom is -0.368 e. The first kappa shape index (κ1) is 11.1. The Labute approximate surface area is 89.9 Å². The van der Waals surface area contributed by atoms with Crippen molar-refractivity contribution in [1.29, 1.82) is 0 Å². The molecule has 76 valence electrons. The van der Waals surface area contributed by atoms with Gasteiger partial charge in [-0.15, -0.1) is 23.1 Å². The fraction of sp³-hybridized carbons (Fsp3) is 0.250. The highest BCUT2D eigenvalue weighted by atomic mass is 32.2. The number of thiophene rings is 1. The minimum absolute atomic E-state index is 0.0934. The van der Waals surface area contributed by atoms with Gasteiger partial charge < -0.3 is 11.1 Å². The zero-order valence-electron chi connectivity index (χ0n) is 7.36. The highest BCUT2D eigenvalue weighted by molar-refractivity contribution is 8.01. The number of nitrogens with two attached hydrogens (primary N) is 1. The van der Waals surface area contributed by atoms with Gasteiger partial charge in [-0.25, -0.2) is 0 Å². The van der Waals surface area contributed by atoms with Gasteiger partial charge >= 0.3 is 0 Å². The summed E-state index contributed by atoms with van der Waals surface area (Å²) < 4.78 is 1.08. The summed E-state index contributed by atoms with van der Waals surface area (Å²) in [6.45, 7) is -0.0934. The first-order chi connectivity index (χ1) is 6.68. The van der Waals surface area contributed by atoms with Crippen molar-refractivity contribution < 1.29 is 9.59 Å². The van der Waals surface area contributed by atoms with E-state index in [0.717, 1.165) is 4.21 Å². The third-order valence-electron chi connectivity index (χ3n) is 1.30. The van der Waals surface area contributed by atoms with Crippen molar-refractivity contribution in [2.45, 2.75) is 4.21 Å². The van der Waals surface area contributed by atoms with Crippen molar-refractivity contribution in [1.82, 2.24) is 5.32 Å². The molecule has 0 aliphatic heterocycles. The van der Waals surface area contributed by atoms with E-state index in [2.05, 4.69) is 5.32 Å². The zero-order chi connectivity index (χ0) is 10.4. The number of nitrogens with one attached hydrogen (secondary N) is 1. The van der Waals surface area contributed by atoms with Gasteiger partial charge in [0.05, 0.1) is 16.5 Å². The summed E-state index contributed by atoms with van der Waals surface area (Å²) in [5.74, 6) is -0.393. The number of hydrogen-bond donors (Lipinski definition) is 2. The van der Waals surface area contributed by atoms with Crippen LogP contribution in [-0.2, 0) is 9.59 Å². The smallest absolute Gasteiger partial charge is 0.236 e. The van der Waals surface area contributed by atoms with Crippen molar-refractivity contribution >= 4 is 34.9 Å². The molecule has 14 heavy (non-hydrogen) atoms. The summed E-state index contributed by atoms with van der Waals surface area (Å²) in [5, 5.41) is 4.36. The lowest BCUT2D eigenvalue weighted by molar-refractivity contribution is -0.123. The second-order valence-corrected chi connectivity index (χ2v) is 4.69. The SMILES string of the molecule is NC(=O)CNC(=O)CSc1cccs1. The van der Waals surface area contributed by atoms with Crippen molar-refractivity contribution in [3.05, 3.63) is 17.5 Å². The van der Waals surface area contributed by atoms with Gasteiger partial charge in [-0.1, -0.05) is 6.07 Å². The first-order valence-electron chi connectivity index (χ1n) is 3.90. The Balaban J connectivity index is 2.18. The Morgan fingerprint density at radius 1 is 1.57 bits per heavy atom. The molecule has 0 saturated carbocycles. The number of rotatable bonds is 5. The Bertz CT molecular complexity index is 311. The largest absolute Gasteiger partial charge is 0.368 e. The molecule has 0 radical (unpaired) electrons. The van der Waals surface area contributed by atoms with Crippen LogP contribution >= 0.6 is 23.1 Å². The topological polar surface area (TPSA) is 72.2 Å². The van der Waals surface area contributed by atoms with Crippen LogP contribution in [0.15, 0.2) is 21.7 Å². The highest BCUT2D eigenvalue weighted by Crippen LogP contribution is 2.22. The molecule has 0 aromatic carbocycles. The quantitative estimate of drug-likeness (QED) is 0.721. The molecule has 0 aliphatic carbocycles. The van der Waals surface area contributed by atoms with Gasteiger partial charge in [0.25, 0.3) is 0 Å². The van der Waals surface area contributed by atoms with E-state index in [4.69, 9.17) is 5.73 Å². The van der Waals surface area contributed by atoms with Gasteiger partial charge in [0.2, 0.25) is 11.8 Å². The van der Waals surface area contributed by atoms with Gasteiger partial charge in [-0.2, -0.15) is 0 Å². The van der Waals surface area contributed by atoms with E-state index in [1.165, 1.54) is 11.8 Å². The number of hydrogen-bond acceptors (Lipinski definition) is 4. The fourth-order valence-corrected chi connectivity index (χ4v) is 2.33. The molecule has 0 unspecified atom stereocenters. The summed E-state index contributed by atoms with van der Waals surface area (Å²) in [4.78, 5) is 21.4. The predicted molar refractivity (Wildman–Crippen MR) is 57.2 cm³/mol. The van der Waals surface area contributed by atoms with Crippen LogP contribution in [0.3, 0.4) is 0 Å². The lowest BCUT2D eigenvalue weighted by Crippen LogP contribution is -2.34. The number of primary amides is 1. The molecule has 1 aromatic heterocycles. The van der Waals surface area contributed by atoms with Crippen molar-refractivity contribution in [2.75, 3.05) is 12.3 Å². The number of amides is 2. The molecule has 0 saturated heterocycles. The predicted octanol–water partition coefficient (Wildman–Crippen LogP) is 0.442. The molecular formula is C8H10N2O2S2. The zero-order valence-corrected chi connectivity index (χ0v) is 8.99. The third kappa shape index (κ3) is 4.29. The molecule has 0 fully saturated rings. The maximum absolute atomic E-state index is 11.1. The van der Waals surface area contributed by atoms with Crippen LogP contribution in [0.25, 0.3) is 0 Å².